The molecule has 0 bridgehead atoms. The monoisotopic (exact) mass is 273 g/mol. The van der Waals surface area contributed by atoms with Gasteiger partial charge in [0.2, 0.25) is 5.91 Å². The summed E-state index contributed by atoms with van der Waals surface area (Å²) in [6.07, 6.45) is 3.43. The van der Waals surface area contributed by atoms with Gasteiger partial charge in [0.25, 0.3) is 0 Å². The van der Waals surface area contributed by atoms with Crippen molar-refractivity contribution in [3.63, 3.8) is 0 Å². The van der Waals surface area contributed by atoms with Gasteiger partial charge < -0.3 is 11.1 Å². The number of nitrogens with zero attached hydrogens (tertiary/aromatic N) is 1. The summed E-state index contributed by atoms with van der Waals surface area (Å²) < 4.78 is 0. The number of nitrogen functional groups attached to an aromatic ring is 1. The average molecular weight is 273 g/mol. The van der Waals surface area contributed by atoms with Crippen LogP contribution in [0, 0.1) is 0 Å². The number of benzene rings is 1. The molecule has 0 aliphatic rings. The number of amides is 1. The van der Waals surface area contributed by atoms with Crippen molar-refractivity contribution in [3.8, 4) is 0 Å². The number of carbonyl (C=O) groups is 1. The number of thioether (sulfide) groups is 1. The van der Waals surface area contributed by atoms with Crippen LogP contribution in [0.25, 0.3) is 0 Å². The van der Waals surface area contributed by atoms with Crippen LogP contribution in [0.5, 0.6) is 0 Å². The van der Waals surface area contributed by atoms with Gasteiger partial charge in [0.15, 0.2) is 0 Å². The van der Waals surface area contributed by atoms with E-state index in [0.29, 0.717) is 5.69 Å². The van der Waals surface area contributed by atoms with E-state index in [2.05, 4.69) is 10.3 Å². The highest BCUT2D eigenvalue weighted by atomic mass is 32.2. The molecule has 1 amide bonds. The zero-order valence-electron chi connectivity index (χ0n) is 10.5. The molecule has 3 N–H and O–H groups in total. The maximum absolute atomic E-state index is 12.0. The van der Waals surface area contributed by atoms with E-state index in [1.165, 1.54) is 11.8 Å². The molecule has 2 aromatic rings. The van der Waals surface area contributed by atoms with Crippen LogP contribution >= 0.6 is 11.8 Å². The Kier molecular flexibility index (Phi) is 4.41. The summed E-state index contributed by atoms with van der Waals surface area (Å²) in [6.45, 7) is 1.87. The lowest BCUT2D eigenvalue weighted by Crippen LogP contribution is -2.22. The third-order valence-corrected chi connectivity index (χ3v) is 3.62. The molecule has 1 aromatic heterocycles. The summed E-state index contributed by atoms with van der Waals surface area (Å²) in [4.78, 5) is 17.0. The van der Waals surface area contributed by atoms with E-state index >= 15 is 0 Å². The predicted molar refractivity (Wildman–Crippen MR) is 79.0 cm³/mol. The van der Waals surface area contributed by atoms with Crippen LogP contribution in [0.2, 0.25) is 0 Å². The van der Waals surface area contributed by atoms with E-state index in [0.717, 1.165) is 10.6 Å². The topological polar surface area (TPSA) is 68.0 Å². The van der Waals surface area contributed by atoms with Gasteiger partial charge in [0.05, 0.1) is 5.25 Å². The van der Waals surface area contributed by atoms with Gasteiger partial charge in [0, 0.05) is 28.7 Å². The molecular formula is C14H15N3OS. The molecule has 1 aromatic carbocycles. The van der Waals surface area contributed by atoms with Crippen LogP contribution in [-0.2, 0) is 4.79 Å². The first-order valence-corrected chi connectivity index (χ1v) is 6.76. The Bertz CT molecular complexity index is 542. The van der Waals surface area contributed by atoms with E-state index in [1.54, 1.807) is 36.7 Å². The standard InChI is InChI=1S/C14H15N3OS/c1-10(19-13-6-8-16-9-7-13)14(18)17-12-4-2-11(15)3-5-12/h2-10H,15H2,1H3,(H,17,18). The minimum absolute atomic E-state index is 0.0356. The van der Waals surface area contributed by atoms with Crippen molar-refractivity contribution in [1.82, 2.24) is 4.98 Å². The molecule has 0 aliphatic heterocycles. The molecule has 1 atom stereocenters. The van der Waals surface area contributed by atoms with Crippen molar-refractivity contribution in [2.24, 2.45) is 0 Å². The maximum atomic E-state index is 12.0. The average Bonchev–Trinajstić information content (AvgIpc) is 2.42. The number of rotatable bonds is 4. The molecule has 0 saturated heterocycles. The first kappa shape index (κ1) is 13.4. The number of pyridine rings is 1. The van der Waals surface area contributed by atoms with E-state index in [9.17, 15) is 4.79 Å². The van der Waals surface area contributed by atoms with E-state index in [1.807, 2.05) is 19.1 Å². The number of nitrogens with two attached hydrogens (primary N) is 1. The second kappa shape index (κ2) is 6.24. The number of aromatic nitrogens is 1. The summed E-state index contributed by atoms with van der Waals surface area (Å²) in [6, 6.07) is 10.9. The molecule has 4 nitrogen and oxygen atoms in total. The Labute approximate surface area is 116 Å². The lowest BCUT2D eigenvalue weighted by molar-refractivity contribution is -0.115. The van der Waals surface area contributed by atoms with Gasteiger partial charge in [-0.2, -0.15) is 0 Å². The number of hydrogen-bond acceptors (Lipinski definition) is 4. The van der Waals surface area contributed by atoms with Crippen molar-refractivity contribution < 1.29 is 4.79 Å². The Morgan fingerprint density at radius 3 is 2.47 bits per heavy atom. The normalized spacial score (nSPS) is 11.8. The van der Waals surface area contributed by atoms with Gasteiger partial charge >= 0.3 is 0 Å². The van der Waals surface area contributed by atoms with Crippen LogP contribution in [-0.4, -0.2) is 16.1 Å². The molecule has 0 fully saturated rings. The van der Waals surface area contributed by atoms with Gasteiger partial charge in [0.1, 0.15) is 0 Å². The lowest BCUT2D eigenvalue weighted by atomic mass is 10.3. The van der Waals surface area contributed by atoms with Crippen LogP contribution in [0.1, 0.15) is 6.92 Å². The van der Waals surface area contributed by atoms with Crippen LogP contribution < -0.4 is 11.1 Å². The van der Waals surface area contributed by atoms with Gasteiger partial charge in [-0.05, 0) is 43.3 Å². The molecule has 1 unspecified atom stereocenters. The fourth-order valence-electron chi connectivity index (χ4n) is 1.48. The second-order valence-corrected chi connectivity index (χ2v) is 5.47. The Morgan fingerprint density at radius 1 is 1.21 bits per heavy atom. The number of anilines is 2. The molecule has 0 saturated carbocycles. The smallest absolute Gasteiger partial charge is 0.237 e. The molecule has 0 radical (unpaired) electrons. The van der Waals surface area contributed by atoms with Crippen molar-refractivity contribution in [2.45, 2.75) is 17.1 Å². The Morgan fingerprint density at radius 2 is 1.84 bits per heavy atom. The molecule has 0 spiro atoms. The zero-order valence-corrected chi connectivity index (χ0v) is 11.4. The fourth-order valence-corrected chi connectivity index (χ4v) is 2.34. The minimum atomic E-state index is -0.181. The largest absolute Gasteiger partial charge is 0.399 e. The Hall–Kier alpha value is -2.01. The summed E-state index contributed by atoms with van der Waals surface area (Å²) in [5, 5.41) is 2.68. The quantitative estimate of drug-likeness (QED) is 0.664. The number of carbonyl (C=O) groups excluding carboxylic acids is 1. The highest BCUT2D eigenvalue weighted by Crippen LogP contribution is 2.23. The molecule has 5 heteroatoms. The van der Waals surface area contributed by atoms with Crippen molar-refractivity contribution in [2.75, 3.05) is 11.1 Å². The molecular weight excluding hydrogens is 258 g/mol. The lowest BCUT2D eigenvalue weighted by Gasteiger charge is -2.12. The van der Waals surface area contributed by atoms with Gasteiger partial charge in [-0.3, -0.25) is 9.78 Å². The van der Waals surface area contributed by atoms with Crippen LogP contribution in [0.4, 0.5) is 11.4 Å². The van der Waals surface area contributed by atoms with Crippen molar-refractivity contribution in [3.05, 3.63) is 48.8 Å². The minimum Gasteiger partial charge on any atom is -0.399 e. The maximum Gasteiger partial charge on any atom is 0.237 e. The SMILES string of the molecule is CC(Sc1ccncc1)C(=O)Nc1ccc(N)cc1. The van der Waals surface area contributed by atoms with E-state index in [4.69, 9.17) is 5.73 Å². The molecule has 1 heterocycles. The molecule has 0 aliphatic carbocycles. The summed E-state index contributed by atoms with van der Waals surface area (Å²) in [5.41, 5.74) is 7.03. The van der Waals surface area contributed by atoms with Crippen molar-refractivity contribution in [1.29, 1.82) is 0 Å². The van der Waals surface area contributed by atoms with Crippen molar-refractivity contribution >= 4 is 29.0 Å². The summed E-state index contributed by atoms with van der Waals surface area (Å²) in [5.74, 6) is -0.0356. The number of hydrogen-bond donors (Lipinski definition) is 2. The fraction of sp³-hybridized carbons (Fsp3) is 0.143. The van der Waals surface area contributed by atoms with E-state index < -0.39 is 0 Å². The molecule has 2 rings (SSSR count). The van der Waals surface area contributed by atoms with Gasteiger partial charge in [-0.25, -0.2) is 0 Å². The van der Waals surface area contributed by atoms with Crippen LogP contribution in [0.3, 0.4) is 0 Å². The predicted octanol–water partition coefficient (Wildman–Crippen LogP) is 2.78. The highest BCUT2D eigenvalue weighted by Gasteiger charge is 2.14. The van der Waals surface area contributed by atoms with E-state index in [-0.39, 0.29) is 11.2 Å². The third-order valence-electron chi connectivity index (χ3n) is 2.51. The Balaban J connectivity index is 1.94. The first-order valence-electron chi connectivity index (χ1n) is 5.88. The number of nitrogens with one attached hydrogen (secondary N) is 1. The van der Waals surface area contributed by atoms with Gasteiger partial charge in [-0.15, -0.1) is 11.8 Å². The van der Waals surface area contributed by atoms with Crippen LogP contribution in [0.15, 0.2) is 53.7 Å². The molecule has 19 heavy (non-hydrogen) atoms. The highest BCUT2D eigenvalue weighted by molar-refractivity contribution is 8.00. The van der Waals surface area contributed by atoms with Gasteiger partial charge in [-0.1, -0.05) is 0 Å². The summed E-state index contributed by atoms with van der Waals surface area (Å²) >= 11 is 1.50. The summed E-state index contributed by atoms with van der Waals surface area (Å²) in [7, 11) is 0. The molecule has 98 valence electrons. The first-order chi connectivity index (χ1) is 9.15. The third kappa shape index (κ3) is 3.99. The second-order valence-electron chi connectivity index (χ2n) is 4.05. The zero-order chi connectivity index (χ0) is 13.7.